The minimum absolute atomic E-state index is 0.202. The van der Waals surface area contributed by atoms with Gasteiger partial charge in [0.1, 0.15) is 0 Å². The van der Waals surface area contributed by atoms with Crippen LogP contribution < -0.4 is 0 Å². The Bertz CT molecular complexity index is 1030. The fraction of sp³-hybridized carbons (Fsp3) is 0.435. The molecule has 0 radical (unpaired) electrons. The highest BCUT2D eigenvalue weighted by molar-refractivity contribution is 9.10. The van der Waals surface area contributed by atoms with Crippen molar-refractivity contribution in [2.24, 2.45) is 0 Å². The van der Waals surface area contributed by atoms with Crippen LogP contribution in [0, 0.1) is 20.8 Å². The molecule has 164 valence electrons. The Hall–Kier alpha value is -2.45. The van der Waals surface area contributed by atoms with Crippen molar-refractivity contribution in [1.29, 1.82) is 0 Å². The molecule has 1 fully saturated rings. The van der Waals surface area contributed by atoms with Gasteiger partial charge >= 0.3 is 0 Å². The molecule has 2 aromatic heterocycles. The van der Waals surface area contributed by atoms with Gasteiger partial charge in [0.15, 0.2) is 0 Å². The second-order valence-corrected chi connectivity index (χ2v) is 8.98. The van der Waals surface area contributed by atoms with Crippen LogP contribution in [0.1, 0.15) is 29.1 Å². The van der Waals surface area contributed by atoms with Gasteiger partial charge in [-0.15, -0.1) is 0 Å². The van der Waals surface area contributed by atoms with Gasteiger partial charge in [-0.2, -0.15) is 10.2 Å². The largest absolute Gasteiger partial charge is 0.340 e. The molecule has 0 saturated carbocycles. The number of piperazine rings is 1. The molecule has 1 aliphatic rings. The molecular formula is C23H29BrN6O. The van der Waals surface area contributed by atoms with Crippen LogP contribution >= 0.6 is 15.9 Å². The molecule has 0 N–H and O–H groups in total. The van der Waals surface area contributed by atoms with E-state index < -0.39 is 0 Å². The van der Waals surface area contributed by atoms with Crippen LogP contribution in [0.2, 0.25) is 0 Å². The standard InChI is InChI=1S/C23H29BrN6O/c1-17-21(19(3)30(26-17)20-7-5-4-6-8-20)15-27-11-13-28(14-12-27)23(31)9-10-29-16-22(24)18(2)25-29/h4-8,16H,9-15H2,1-3H3. The Morgan fingerprint density at radius 2 is 1.71 bits per heavy atom. The molecule has 8 heteroatoms. The van der Waals surface area contributed by atoms with Crippen molar-refractivity contribution in [3.8, 4) is 5.69 Å². The topological polar surface area (TPSA) is 59.2 Å². The van der Waals surface area contributed by atoms with Gasteiger partial charge in [-0.05, 0) is 48.8 Å². The van der Waals surface area contributed by atoms with Crippen molar-refractivity contribution in [2.75, 3.05) is 26.2 Å². The van der Waals surface area contributed by atoms with Gasteiger partial charge in [0, 0.05) is 63.1 Å². The van der Waals surface area contributed by atoms with Gasteiger partial charge in [-0.25, -0.2) is 4.68 Å². The van der Waals surface area contributed by atoms with Gasteiger partial charge < -0.3 is 4.90 Å². The van der Waals surface area contributed by atoms with E-state index in [4.69, 9.17) is 5.10 Å². The summed E-state index contributed by atoms with van der Waals surface area (Å²) >= 11 is 3.47. The summed E-state index contributed by atoms with van der Waals surface area (Å²) in [6.07, 6.45) is 2.41. The number of aryl methyl sites for hydroxylation is 3. The van der Waals surface area contributed by atoms with Crippen LogP contribution in [-0.4, -0.2) is 61.4 Å². The molecule has 7 nitrogen and oxygen atoms in total. The van der Waals surface area contributed by atoms with E-state index in [9.17, 15) is 4.79 Å². The first-order valence-electron chi connectivity index (χ1n) is 10.7. The Morgan fingerprint density at radius 3 is 2.35 bits per heavy atom. The van der Waals surface area contributed by atoms with Crippen LogP contribution in [0.4, 0.5) is 0 Å². The van der Waals surface area contributed by atoms with Crippen LogP contribution in [0.25, 0.3) is 5.69 Å². The van der Waals surface area contributed by atoms with E-state index in [1.807, 2.05) is 45.6 Å². The number of carbonyl (C=O) groups excluding carboxylic acids is 1. The Kier molecular flexibility index (Phi) is 6.57. The monoisotopic (exact) mass is 484 g/mol. The Labute approximate surface area is 191 Å². The number of carbonyl (C=O) groups is 1. The number of benzene rings is 1. The SMILES string of the molecule is Cc1nn(CCC(=O)N2CCN(Cc3c(C)nn(-c4ccccc4)c3C)CC2)cc1Br. The summed E-state index contributed by atoms with van der Waals surface area (Å²) in [5, 5.41) is 9.17. The van der Waals surface area contributed by atoms with Gasteiger partial charge in [0.05, 0.1) is 21.5 Å². The summed E-state index contributed by atoms with van der Waals surface area (Å²) < 4.78 is 4.85. The molecule has 0 spiro atoms. The number of hydrogen-bond acceptors (Lipinski definition) is 4. The highest BCUT2D eigenvalue weighted by atomic mass is 79.9. The van der Waals surface area contributed by atoms with Crippen molar-refractivity contribution < 1.29 is 4.79 Å². The average Bonchev–Trinajstić information content (AvgIpc) is 3.25. The lowest BCUT2D eigenvalue weighted by molar-refractivity contribution is -0.133. The van der Waals surface area contributed by atoms with Crippen LogP contribution in [0.15, 0.2) is 41.0 Å². The third kappa shape index (κ3) is 4.91. The molecule has 0 unspecified atom stereocenters. The fourth-order valence-corrected chi connectivity index (χ4v) is 4.40. The lowest BCUT2D eigenvalue weighted by Gasteiger charge is -2.34. The number of aromatic nitrogens is 4. The van der Waals surface area contributed by atoms with Crippen molar-refractivity contribution in [1.82, 2.24) is 29.4 Å². The summed E-state index contributed by atoms with van der Waals surface area (Å²) in [5.74, 6) is 0.202. The Balaban J connectivity index is 1.31. The summed E-state index contributed by atoms with van der Waals surface area (Å²) in [7, 11) is 0. The normalized spacial score (nSPS) is 14.9. The second kappa shape index (κ2) is 9.36. The summed E-state index contributed by atoms with van der Waals surface area (Å²) in [6, 6.07) is 10.3. The molecule has 31 heavy (non-hydrogen) atoms. The van der Waals surface area contributed by atoms with Gasteiger partial charge in [-0.3, -0.25) is 14.4 Å². The van der Waals surface area contributed by atoms with Crippen LogP contribution in [-0.2, 0) is 17.9 Å². The first kappa shape index (κ1) is 21.8. The van der Waals surface area contributed by atoms with Gasteiger partial charge in [0.2, 0.25) is 5.91 Å². The van der Waals surface area contributed by atoms with Crippen LogP contribution in [0.3, 0.4) is 0 Å². The molecule has 0 bridgehead atoms. The predicted octanol–water partition coefficient (Wildman–Crippen LogP) is 3.49. The first-order chi connectivity index (χ1) is 14.9. The molecule has 0 atom stereocenters. The zero-order chi connectivity index (χ0) is 22.0. The molecule has 1 saturated heterocycles. The summed E-state index contributed by atoms with van der Waals surface area (Å²) in [4.78, 5) is 17.0. The van der Waals surface area contributed by atoms with E-state index in [1.165, 1.54) is 11.3 Å². The number of halogens is 1. The van der Waals surface area contributed by atoms with Gasteiger partial charge in [-0.1, -0.05) is 18.2 Å². The highest BCUT2D eigenvalue weighted by Crippen LogP contribution is 2.20. The highest BCUT2D eigenvalue weighted by Gasteiger charge is 2.23. The summed E-state index contributed by atoms with van der Waals surface area (Å²) in [5.41, 5.74) is 5.57. The fourth-order valence-electron chi connectivity index (χ4n) is 4.08. The molecule has 1 aromatic carbocycles. The minimum Gasteiger partial charge on any atom is -0.340 e. The Morgan fingerprint density at radius 1 is 1.00 bits per heavy atom. The lowest BCUT2D eigenvalue weighted by Crippen LogP contribution is -2.48. The smallest absolute Gasteiger partial charge is 0.224 e. The predicted molar refractivity (Wildman–Crippen MR) is 124 cm³/mol. The molecule has 3 heterocycles. The third-order valence-corrected chi connectivity index (χ3v) is 6.77. The first-order valence-corrected chi connectivity index (χ1v) is 11.5. The molecular weight excluding hydrogens is 456 g/mol. The van der Waals surface area contributed by atoms with Crippen molar-refractivity contribution in [2.45, 2.75) is 40.3 Å². The van der Waals surface area contributed by atoms with E-state index in [1.54, 1.807) is 0 Å². The number of hydrogen-bond donors (Lipinski definition) is 0. The van der Waals surface area contributed by atoms with E-state index >= 15 is 0 Å². The maximum Gasteiger partial charge on any atom is 0.224 e. The van der Waals surface area contributed by atoms with Crippen LogP contribution in [0.5, 0.6) is 0 Å². The molecule has 1 amide bonds. The van der Waals surface area contributed by atoms with Gasteiger partial charge in [0.25, 0.3) is 0 Å². The molecule has 3 aromatic rings. The molecule has 1 aliphatic heterocycles. The third-order valence-electron chi connectivity index (χ3n) is 5.99. The maximum atomic E-state index is 12.6. The van der Waals surface area contributed by atoms with E-state index in [0.29, 0.717) is 13.0 Å². The molecule has 0 aliphatic carbocycles. The summed E-state index contributed by atoms with van der Waals surface area (Å²) in [6.45, 7) is 11.0. The van der Waals surface area contributed by atoms with Crippen molar-refractivity contribution in [3.63, 3.8) is 0 Å². The van der Waals surface area contributed by atoms with E-state index in [-0.39, 0.29) is 5.91 Å². The number of amides is 1. The molecule has 4 rings (SSSR count). The number of nitrogens with zero attached hydrogens (tertiary/aromatic N) is 6. The zero-order valence-electron chi connectivity index (χ0n) is 18.4. The van der Waals surface area contributed by atoms with Crippen molar-refractivity contribution >= 4 is 21.8 Å². The minimum atomic E-state index is 0.202. The van der Waals surface area contributed by atoms with E-state index in [2.05, 4.69) is 51.9 Å². The number of rotatable bonds is 6. The van der Waals surface area contributed by atoms with E-state index in [0.717, 1.165) is 54.3 Å². The quantitative estimate of drug-likeness (QED) is 0.537. The maximum absolute atomic E-state index is 12.6. The zero-order valence-corrected chi connectivity index (χ0v) is 20.0. The lowest BCUT2D eigenvalue weighted by atomic mass is 10.1. The second-order valence-electron chi connectivity index (χ2n) is 8.13. The van der Waals surface area contributed by atoms with Crippen molar-refractivity contribution in [3.05, 3.63) is 63.6 Å². The average molecular weight is 485 g/mol. The number of para-hydroxylation sites is 1.